The molecule has 1 aromatic carbocycles. The van der Waals surface area contributed by atoms with Gasteiger partial charge in [0.05, 0.1) is 6.54 Å². The van der Waals surface area contributed by atoms with Crippen molar-refractivity contribution in [3.05, 3.63) is 59.3 Å². The summed E-state index contributed by atoms with van der Waals surface area (Å²) in [5.41, 5.74) is 5.65. The Bertz CT molecular complexity index is 682. The Morgan fingerprint density at radius 2 is 1.95 bits per heavy atom. The van der Waals surface area contributed by atoms with E-state index in [4.69, 9.17) is 10.2 Å². The smallest absolute Gasteiger partial charge is 0.284 e. The van der Waals surface area contributed by atoms with Gasteiger partial charge in [-0.05, 0) is 18.2 Å². The normalized spacial score (nSPS) is 11.3. The van der Waals surface area contributed by atoms with Gasteiger partial charge in [0.25, 0.3) is 5.91 Å². The van der Waals surface area contributed by atoms with Gasteiger partial charge in [-0.3, -0.25) is 9.79 Å². The van der Waals surface area contributed by atoms with Crippen LogP contribution in [-0.2, 0) is 13.1 Å². The van der Waals surface area contributed by atoms with Gasteiger partial charge in [-0.15, -0.1) is 0 Å². The molecule has 1 aromatic heterocycles. The lowest BCUT2D eigenvalue weighted by atomic mass is 10.2. The zero-order valence-corrected chi connectivity index (χ0v) is 12.1. The number of nitrogens with one attached hydrogen (secondary N) is 2. The quantitative estimate of drug-likeness (QED) is 0.575. The number of furan rings is 1. The standard InChI is InChI=1S/C15H17FN4O2/c1-18-15(19-8-10-4-2-3-5-12(10)16)20-9-11-6-7-13(22-11)14(17)21/h2-7H,8-9H2,1H3,(H2,17,21)(H2,18,19,20). The first kappa shape index (κ1) is 15.6. The Kier molecular flexibility index (Phi) is 5.13. The zero-order chi connectivity index (χ0) is 15.9. The molecule has 0 spiro atoms. The minimum absolute atomic E-state index is 0.103. The van der Waals surface area contributed by atoms with Crippen LogP contribution < -0.4 is 16.4 Å². The predicted molar refractivity (Wildman–Crippen MR) is 80.7 cm³/mol. The fourth-order valence-electron chi connectivity index (χ4n) is 1.82. The summed E-state index contributed by atoms with van der Waals surface area (Å²) in [6, 6.07) is 9.67. The topological polar surface area (TPSA) is 92.6 Å². The van der Waals surface area contributed by atoms with Crippen LogP contribution in [0.1, 0.15) is 21.9 Å². The first-order valence-corrected chi connectivity index (χ1v) is 6.66. The molecule has 2 aromatic rings. The van der Waals surface area contributed by atoms with Crippen molar-refractivity contribution in [2.75, 3.05) is 7.05 Å². The van der Waals surface area contributed by atoms with Gasteiger partial charge in [0, 0.05) is 19.2 Å². The molecule has 116 valence electrons. The largest absolute Gasteiger partial charge is 0.454 e. The molecule has 6 nitrogen and oxygen atoms in total. The highest BCUT2D eigenvalue weighted by Crippen LogP contribution is 2.07. The van der Waals surface area contributed by atoms with Crippen molar-refractivity contribution < 1.29 is 13.6 Å². The van der Waals surface area contributed by atoms with E-state index in [2.05, 4.69) is 15.6 Å². The number of carbonyl (C=O) groups excluding carboxylic acids is 1. The number of primary amides is 1. The number of aliphatic imine (C=N–C) groups is 1. The molecule has 1 amide bonds. The molecule has 7 heteroatoms. The van der Waals surface area contributed by atoms with Crippen molar-refractivity contribution >= 4 is 11.9 Å². The second-order valence-electron chi connectivity index (χ2n) is 4.50. The molecule has 0 unspecified atom stereocenters. The SMILES string of the molecule is CN=C(NCc1ccc(C(N)=O)o1)NCc1ccccc1F. The Hall–Kier alpha value is -2.83. The molecule has 0 bridgehead atoms. The molecular weight excluding hydrogens is 287 g/mol. The number of halogens is 1. The van der Waals surface area contributed by atoms with Crippen molar-refractivity contribution in [1.29, 1.82) is 0 Å². The molecule has 22 heavy (non-hydrogen) atoms. The average Bonchev–Trinajstić information content (AvgIpc) is 2.98. The number of hydrogen-bond donors (Lipinski definition) is 3. The maximum atomic E-state index is 13.5. The summed E-state index contributed by atoms with van der Waals surface area (Å²) >= 11 is 0. The molecule has 4 N–H and O–H groups in total. The van der Waals surface area contributed by atoms with Gasteiger partial charge in [-0.25, -0.2) is 4.39 Å². The number of carbonyl (C=O) groups is 1. The third-order valence-electron chi connectivity index (χ3n) is 2.96. The van der Waals surface area contributed by atoms with Crippen LogP contribution in [0, 0.1) is 5.82 Å². The summed E-state index contributed by atoms with van der Waals surface area (Å²) in [5.74, 6) is 0.241. The van der Waals surface area contributed by atoms with Crippen molar-refractivity contribution in [2.24, 2.45) is 10.7 Å². The average molecular weight is 304 g/mol. The maximum absolute atomic E-state index is 13.5. The van der Waals surface area contributed by atoms with E-state index in [1.54, 1.807) is 31.3 Å². The highest BCUT2D eigenvalue weighted by atomic mass is 19.1. The van der Waals surface area contributed by atoms with Crippen LogP contribution in [0.25, 0.3) is 0 Å². The van der Waals surface area contributed by atoms with Crippen LogP contribution in [0.15, 0.2) is 45.8 Å². The Morgan fingerprint density at radius 1 is 1.23 bits per heavy atom. The molecule has 0 aliphatic heterocycles. The summed E-state index contributed by atoms with van der Waals surface area (Å²) in [5, 5.41) is 5.99. The van der Waals surface area contributed by atoms with E-state index >= 15 is 0 Å². The number of nitrogens with zero attached hydrogens (tertiary/aromatic N) is 1. The Balaban J connectivity index is 1.87. The van der Waals surface area contributed by atoms with Crippen LogP contribution >= 0.6 is 0 Å². The van der Waals surface area contributed by atoms with Crippen molar-refractivity contribution in [2.45, 2.75) is 13.1 Å². The number of amides is 1. The molecule has 0 saturated heterocycles. The summed E-state index contributed by atoms with van der Waals surface area (Å²) in [6.07, 6.45) is 0. The third-order valence-corrected chi connectivity index (χ3v) is 2.96. The maximum Gasteiger partial charge on any atom is 0.284 e. The highest BCUT2D eigenvalue weighted by molar-refractivity contribution is 5.89. The van der Waals surface area contributed by atoms with E-state index < -0.39 is 5.91 Å². The number of guanidine groups is 1. The molecule has 0 fully saturated rings. The number of nitrogens with two attached hydrogens (primary N) is 1. The van der Waals surface area contributed by atoms with Gasteiger partial charge >= 0.3 is 0 Å². The number of rotatable bonds is 5. The van der Waals surface area contributed by atoms with Gasteiger partial charge in [0.2, 0.25) is 0 Å². The summed E-state index contributed by atoms with van der Waals surface area (Å²) in [6.45, 7) is 0.626. The second kappa shape index (κ2) is 7.26. The molecule has 0 aliphatic carbocycles. The van der Waals surface area contributed by atoms with Gasteiger partial charge in [0.1, 0.15) is 11.6 Å². The monoisotopic (exact) mass is 304 g/mol. The van der Waals surface area contributed by atoms with Crippen LogP contribution in [0.4, 0.5) is 4.39 Å². The van der Waals surface area contributed by atoms with E-state index in [9.17, 15) is 9.18 Å². The van der Waals surface area contributed by atoms with E-state index in [-0.39, 0.29) is 11.6 Å². The predicted octanol–water partition coefficient (Wildman–Crippen LogP) is 1.38. The minimum atomic E-state index is -0.617. The van der Waals surface area contributed by atoms with E-state index in [1.165, 1.54) is 12.1 Å². The first-order valence-electron chi connectivity index (χ1n) is 6.66. The van der Waals surface area contributed by atoms with Crippen LogP contribution in [-0.4, -0.2) is 18.9 Å². The molecular formula is C15H17FN4O2. The van der Waals surface area contributed by atoms with E-state index in [0.29, 0.717) is 30.4 Å². The summed E-state index contributed by atoms with van der Waals surface area (Å²) < 4.78 is 18.8. The molecule has 0 saturated carbocycles. The van der Waals surface area contributed by atoms with Gasteiger partial charge < -0.3 is 20.8 Å². The number of benzene rings is 1. The van der Waals surface area contributed by atoms with Crippen LogP contribution in [0.5, 0.6) is 0 Å². The Labute approximate surface area is 127 Å². The number of hydrogen-bond acceptors (Lipinski definition) is 3. The van der Waals surface area contributed by atoms with Crippen molar-refractivity contribution in [3.8, 4) is 0 Å². The lowest BCUT2D eigenvalue weighted by molar-refractivity contribution is 0.0972. The van der Waals surface area contributed by atoms with Gasteiger partial charge in [-0.1, -0.05) is 18.2 Å². The summed E-state index contributed by atoms with van der Waals surface area (Å²) in [4.78, 5) is 15.0. The molecule has 1 heterocycles. The minimum Gasteiger partial charge on any atom is -0.454 e. The lowest BCUT2D eigenvalue weighted by Crippen LogP contribution is -2.36. The van der Waals surface area contributed by atoms with Crippen molar-refractivity contribution in [3.63, 3.8) is 0 Å². The van der Waals surface area contributed by atoms with Crippen LogP contribution in [0.2, 0.25) is 0 Å². The molecule has 2 rings (SSSR count). The van der Waals surface area contributed by atoms with Crippen LogP contribution in [0.3, 0.4) is 0 Å². The Morgan fingerprint density at radius 3 is 2.59 bits per heavy atom. The fraction of sp³-hybridized carbons (Fsp3) is 0.200. The highest BCUT2D eigenvalue weighted by Gasteiger charge is 2.08. The molecule has 0 atom stereocenters. The lowest BCUT2D eigenvalue weighted by Gasteiger charge is -2.11. The second-order valence-corrected chi connectivity index (χ2v) is 4.50. The third kappa shape index (κ3) is 4.08. The summed E-state index contributed by atoms with van der Waals surface area (Å²) in [7, 11) is 1.60. The molecule has 0 aliphatic rings. The zero-order valence-electron chi connectivity index (χ0n) is 12.1. The van der Waals surface area contributed by atoms with Crippen molar-refractivity contribution in [1.82, 2.24) is 10.6 Å². The van der Waals surface area contributed by atoms with E-state index in [0.717, 1.165) is 0 Å². The van der Waals surface area contributed by atoms with E-state index in [1.807, 2.05) is 0 Å². The molecule has 0 radical (unpaired) electrons. The first-order chi connectivity index (χ1) is 10.6. The van der Waals surface area contributed by atoms with Gasteiger partial charge in [0.15, 0.2) is 11.7 Å². The fourth-order valence-corrected chi connectivity index (χ4v) is 1.82. The van der Waals surface area contributed by atoms with Gasteiger partial charge in [-0.2, -0.15) is 0 Å².